The summed E-state index contributed by atoms with van der Waals surface area (Å²) in [5, 5.41) is 14.4. The lowest BCUT2D eigenvalue weighted by Crippen LogP contribution is -2.20. The number of methoxy groups -OCH3 is 1. The van der Waals surface area contributed by atoms with Gasteiger partial charge in [0.2, 0.25) is 0 Å². The second-order valence-corrected chi connectivity index (χ2v) is 9.03. The number of hydrogen-bond donors (Lipinski definition) is 1. The van der Waals surface area contributed by atoms with Crippen molar-refractivity contribution < 1.29 is 19.2 Å². The van der Waals surface area contributed by atoms with Crippen LogP contribution in [-0.2, 0) is 4.79 Å². The maximum Gasteiger partial charge on any atom is 0.270 e. The summed E-state index contributed by atoms with van der Waals surface area (Å²) in [5.41, 5.74) is 2.26. The summed E-state index contributed by atoms with van der Waals surface area (Å²) in [4.78, 5) is 27.2. The fourth-order valence-corrected chi connectivity index (χ4v) is 4.23. The molecule has 0 fully saturated rings. The topological polar surface area (TPSA) is 104 Å². The Morgan fingerprint density at radius 1 is 1.12 bits per heavy atom. The van der Waals surface area contributed by atoms with Gasteiger partial charge in [0.25, 0.3) is 11.6 Å². The fraction of sp³-hybridized carbons (Fsp3) is 0.0833. The molecule has 1 aromatic heterocycles. The van der Waals surface area contributed by atoms with E-state index >= 15 is 0 Å². The number of hydrogen-bond acceptors (Lipinski definition) is 7. The molecule has 8 nitrogen and oxygen atoms in total. The van der Waals surface area contributed by atoms with Crippen LogP contribution in [0.3, 0.4) is 0 Å². The molecule has 4 rings (SSSR count). The number of nitro benzene ring substituents is 1. The molecule has 0 spiro atoms. The molecule has 34 heavy (non-hydrogen) atoms. The molecule has 0 radical (unpaired) electrons. The van der Waals surface area contributed by atoms with Gasteiger partial charge in [0.15, 0.2) is 18.1 Å². The minimum absolute atomic E-state index is 0.0394. The van der Waals surface area contributed by atoms with Gasteiger partial charge in [-0.1, -0.05) is 28.1 Å². The normalized spacial score (nSPS) is 11.0. The molecule has 4 aromatic rings. The van der Waals surface area contributed by atoms with E-state index in [2.05, 4.69) is 26.2 Å². The largest absolute Gasteiger partial charge is 0.493 e. The van der Waals surface area contributed by atoms with Crippen molar-refractivity contribution in [2.24, 2.45) is 0 Å². The third kappa shape index (κ3) is 5.77. The number of anilines is 1. The van der Waals surface area contributed by atoms with Crippen molar-refractivity contribution >= 4 is 66.9 Å². The number of carbonyl (C=O) groups excluding carboxylic acids is 1. The second kappa shape index (κ2) is 10.4. The van der Waals surface area contributed by atoms with Crippen LogP contribution in [0.1, 0.15) is 10.6 Å². The maximum absolute atomic E-state index is 12.2. The van der Waals surface area contributed by atoms with Crippen LogP contribution in [-0.4, -0.2) is 29.5 Å². The molecule has 0 aliphatic carbocycles. The van der Waals surface area contributed by atoms with Gasteiger partial charge in [-0.15, -0.1) is 11.3 Å². The van der Waals surface area contributed by atoms with E-state index < -0.39 is 4.92 Å². The molecule has 0 aliphatic heterocycles. The van der Waals surface area contributed by atoms with E-state index in [4.69, 9.17) is 9.47 Å². The summed E-state index contributed by atoms with van der Waals surface area (Å²) in [5.74, 6) is 0.640. The summed E-state index contributed by atoms with van der Waals surface area (Å²) in [6.45, 7) is -0.167. The zero-order valence-electron chi connectivity index (χ0n) is 17.9. The highest BCUT2D eigenvalue weighted by Gasteiger charge is 2.11. The Labute approximate surface area is 207 Å². The van der Waals surface area contributed by atoms with Crippen LogP contribution < -0.4 is 14.8 Å². The Bertz CT molecular complexity index is 1390. The number of aromatic nitrogens is 1. The first kappa shape index (κ1) is 23.4. The highest BCUT2D eigenvalue weighted by atomic mass is 79.9. The van der Waals surface area contributed by atoms with Crippen LogP contribution in [0.25, 0.3) is 22.4 Å². The zero-order valence-corrected chi connectivity index (χ0v) is 20.3. The maximum atomic E-state index is 12.2. The number of non-ortho nitro benzene ring substituents is 1. The minimum atomic E-state index is -0.422. The molecule has 10 heteroatoms. The number of benzene rings is 3. The molecule has 0 saturated carbocycles. The first-order valence-corrected chi connectivity index (χ1v) is 11.6. The lowest BCUT2D eigenvalue weighted by atomic mass is 10.2. The molecule has 0 bridgehead atoms. The number of halogens is 1. The number of nitrogens with one attached hydrogen (secondary N) is 1. The van der Waals surface area contributed by atoms with Gasteiger partial charge in [0.05, 0.1) is 22.2 Å². The molecule has 3 aromatic carbocycles. The van der Waals surface area contributed by atoms with E-state index in [0.717, 1.165) is 19.7 Å². The van der Waals surface area contributed by atoms with Gasteiger partial charge < -0.3 is 14.8 Å². The molecule has 1 N–H and O–H groups in total. The smallest absolute Gasteiger partial charge is 0.270 e. The predicted octanol–water partition coefficient (Wildman–Crippen LogP) is 6.16. The first-order chi connectivity index (χ1) is 16.4. The van der Waals surface area contributed by atoms with Crippen LogP contribution in [0.2, 0.25) is 0 Å². The van der Waals surface area contributed by atoms with Gasteiger partial charge in [-0.2, -0.15) is 0 Å². The lowest BCUT2D eigenvalue weighted by Gasteiger charge is -2.11. The molecular formula is C24H18BrN3O5S. The number of rotatable bonds is 8. The number of nitrogens with zero attached hydrogens (tertiary/aromatic N) is 2. The zero-order chi connectivity index (χ0) is 24.1. The van der Waals surface area contributed by atoms with Crippen LogP contribution in [0, 0.1) is 10.1 Å². The van der Waals surface area contributed by atoms with Crippen molar-refractivity contribution in [2.45, 2.75) is 0 Å². The van der Waals surface area contributed by atoms with Gasteiger partial charge >= 0.3 is 0 Å². The Kier molecular flexibility index (Phi) is 7.19. The molecule has 172 valence electrons. The van der Waals surface area contributed by atoms with Gasteiger partial charge in [-0.25, -0.2) is 4.98 Å². The molecule has 0 aliphatic rings. The summed E-state index contributed by atoms with van der Waals surface area (Å²) < 4.78 is 12.7. The Hall–Kier alpha value is -3.76. The Balaban J connectivity index is 1.41. The number of ether oxygens (including phenoxy) is 2. The number of thiazole rings is 1. The lowest BCUT2D eigenvalue weighted by molar-refractivity contribution is -0.384. The van der Waals surface area contributed by atoms with Gasteiger partial charge in [0, 0.05) is 22.3 Å². The molecule has 0 atom stereocenters. The van der Waals surface area contributed by atoms with Crippen LogP contribution >= 0.6 is 27.3 Å². The summed E-state index contributed by atoms with van der Waals surface area (Å²) in [6.07, 6.45) is 3.69. The van der Waals surface area contributed by atoms with Crippen molar-refractivity contribution in [1.29, 1.82) is 0 Å². The average molecular weight is 540 g/mol. The monoisotopic (exact) mass is 539 g/mol. The number of carbonyl (C=O) groups is 1. The minimum Gasteiger partial charge on any atom is -0.493 e. The van der Waals surface area contributed by atoms with Crippen molar-refractivity contribution in [3.63, 3.8) is 0 Å². The van der Waals surface area contributed by atoms with Crippen LogP contribution in [0.4, 0.5) is 11.4 Å². The molecular weight excluding hydrogens is 522 g/mol. The Morgan fingerprint density at radius 3 is 2.65 bits per heavy atom. The van der Waals surface area contributed by atoms with E-state index in [9.17, 15) is 14.9 Å². The van der Waals surface area contributed by atoms with Gasteiger partial charge in [-0.05, 0) is 54.1 Å². The predicted molar refractivity (Wildman–Crippen MR) is 136 cm³/mol. The third-order valence-electron chi connectivity index (χ3n) is 4.69. The van der Waals surface area contributed by atoms with E-state index in [1.165, 1.54) is 30.6 Å². The SMILES string of the molecule is COc1cc(/C=C/c2nc3ccc([N+](=O)[O-])cc3s2)ccc1OCC(=O)Nc1ccc(Br)cc1. The summed E-state index contributed by atoms with van der Waals surface area (Å²) in [7, 11) is 1.53. The van der Waals surface area contributed by atoms with Crippen molar-refractivity contribution in [1.82, 2.24) is 4.98 Å². The molecule has 1 heterocycles. The Morgan fingerprint density at radius 2 is 1.91 bits per heavy atom. The second-order valence-electron chi connectivity index (χ2n) is 7.05. The fourth-order valence-electron chi connectivity index (χ4n) is 3.06. The van der Waals surface area contributed by atoms with Crippen molar-refractivity contribution in [2.75, 3.05) is 19.0 Å². The summed E-state index contributed by atoms with van der Waals surface area (Å²) >= 11 is 4.72. The van der Waals surface area contributed by atoms with Crippen LogP contribution in [0.15, 0.2) is 65.1 Å². The number of nitro groups is 1. The molecule has 0 saturated heterocycles. The highest BCUT2D eigenvalue weighted by Crippen LogP contribution is 2.30. The number of fused-ring (bicyclic) bond motifs is 1. The molecule has 0 unspecified atom stereocenters. The summed E-state index contributed by atoms with van der Waals surface area (Å²) in [6, 6.07) is 17.2. The average Bonchev–Trinajstić information content (AvgIpc) is 3.25. The first-order valence-electron chi connectivity index (χ1n) is 10.0. The van der Waals surface area contributed by atoms with E-state index in [1.807, 2.05) is 30.4 Å². The van der Waals surface area contributed by atoms with Gasteiger partial charge in [-0.3, -0.25) is 14.9 Å². The van der Waals surface area contributed by atoms with Crippen molar-refractivity contribution in [3.8, 4) is 11.5 Å². The van der Waals surface area contributed by atoms with Gasteiger partial charge in [0.1, 0.15) is 5.01 Å². The quantitative estimate of drug-likeness (QED) is 0.212. The van der Waals surface area contributed by atoms with Crippen LogP contribution in [0.5, 0.6) is 11.5 Å². The van der Waals surface area contributed by atoms with E-state index in [-0.39, 0.29) is 18.2 Å². The highest BCUT2D eigenvalue weighted by molar-refractivity contribution is 9.10. The standard InChI is InChI=1S/C24H18BrN3O5S/c1-32-21-12-15(3-11-24-27-19-9-8-18(28(30)31)13-22(19)34-24)2-10-20(21)33-14-23(29)26-17-6-4-16(25)5-7-17/h2-13H,14H2,1H3,(H,26,29)/b11-3+. The number of amides is 1. The van der Waals surface area contributed by atoms with E-state index in [0.29, 0.717) is 22.7 Å². The van der Waals surface area contributed by atoms with Crippen molar-refractivity contribution in [3.05, 3.63) is 85.8 Å². The molecule has 1 amide bonds. The van der Waals surface area contributed by atoms with E-state index in [1.54, 1.807) is 30.3 Å². The third-order valence-corrected chi connectivity index (χ3v) is 6.20.